The lowest BCUT2D eigenvalue weighted by molar-refractivity contribution is -0.258. The first-order chi connectivity index (χ1) is 13.6. The van der Waals surface area contributed by atoms with Crippen LogP contribution < -0.4 is 0 Å². The maximum atomic E-state index is 12.9. The Kier molecular flexibility index (Phi) is 5.10. The molecule has 9 heteroatoms. The average molecular weight is 385 g/mol. The van der Waals surface area contributed by atoms with E-state index in [0.29, 0.717) is 43.9 Å². The highest BCUT2D eigenvalue weighted by molar-refractivity contribution is 5.94. The van der Waals surface area contributed by atoms with Gasteiger partial charge in [0.25, 0.3) is 11.8 Å². The molecule has 0 radical (unpaired) electrons. The molecule has 9 nitrogen and oxygen atoms in total. The van der Waals surface area contributed by atoms with E-state index in [9.17, 15) is 9.59 Å². The second kappa shape index (κ2) is 7.69. The van der Waals surface area contributed by atoms with Crippen molar-refractivity contribution >= 4 is 11.8 Å². The minimum atomic E-state index is -1.02. The molecule has 2 aliphatic rings. The fraction of sp³-hybridized carbons (Fsp3) is 0.474. The zero-order valence-electron chi connectivity index (χ0n) is 15.8. The van der Waals surface area contributed by atoms with Gasteiger partial charge in [-0.1, -0.05) is 0 Å². The molecule has 0 N–H and O–H groups in total. The predicted molar refractivity (Wildman–Crippen MR) is 98.5 cm³/mol. The Balaban J connectivity index is 1.52. The first kappa shape index (κ1) is 18.6. The van der Waals surface area contributed by atoms with Crippen LogP contribution in [-0.2, 0) is 16.5 Å². The van der Waals surface area contributed by atoms with E-state index in [1.165, 1.54) is 0 Å². The summed E-state index contributed by atoms with van der Waals surface area (Å²) < 4.78 is 13.6. The standard InChI is InChI=1S/C19H23N5O4/c1-22-12-16(11-21-22)18(26)23-6-3-8-27-19(13-23)14-24(7-9-28-19)17(25)15-4-2-5-20-10-15/h2,4-5,10-12H,3,6-9,13-14H2,1H3. The summed E-state index contributed by atoms with van der Waals surface area (Å²) in [7, 11) is 1.77. The SMILES string of the molecule is Cn1cc(C(=O)N2CCCOC3(C2)CN(C(=O)c2cccnc2)CCO3)cn1. The molecule has 2 aliphatic heterocycles. The molecular formula is C19H23N5O4. The molecule has 1 atom stereocenters. The highest BCUT2D eigenvalue weighted by atomic mass is 16.7. The van der Waals surface area contributed by atoms with Gasteiger partial charge in [-0.2, -0.15) is 5.10 Å². The number of nitrogens with zero attached hydrogens (tertiary/aromatic N) is 5. The number of carbonyl (C=O) groups excluding carboxylic acids is 2. The molecule has 2 saturated heterocycles. The number of hydrogen-bond donors (Lipinski definition) is 0. The van der Waals surface area contributed by atoms with E-state index >= 15 is 0 Å². The molecule has 0 bridgehead atoms. The quantitative estimate of drug-likeness (QED) is 0.750. The van der Waals surface area contributed by atoms with Crippen LogP contribution in [0.4, 0.5) is 0 Å². The number of aryl methyl sites for hydroxylation is 1. The molecule has 0 aliphatic carbocycles. The summed E-state index contributed by atoms with van der Waals surface area (Å²) >= 11 is 0. The normalized spacial score (nSPS) is 22.9. The largest absolute Gasteiger partial charge is 0.347 e. The molecule has 1 spiro atoms. The van der Waals surface area contributed by atoms with Gasteiger partial charge in [0.15, 0.2) is 0 Å². The smallest absolute Gasteiger partial charge is 0.257 e. The second-order valence-corrected chi connectivity index (χ2v) is 7.06. The van der Waals surface area contributed by atoms with Crippen LogP contribution in [0.15, 0.2) is 36.9 Å². The Morgan fingerprint density at radius 3 is 2.50 bits per heavy atom. The molecule has 2 aromatic heterocycles. The van der Waals surface area contributed by atoms with Gasteiger partial charge in [-0.15, -0.1) is 0 Å². The summed E-state index contributed by atoms with van der Waals surface area (Å²) in [6.45, 7) is 2.37. The minimum absolute atomic E-state index is 0.114. The van der Waals surface area contributed by atoms with Crippen molar-refractivity contribution in [2.75, 3.05) is 39.4 Å². The van der Waals surface area contributed by atoms with Crippen LogP contribution in [0.2, 0.25) is 0 Å². The van der Waals surface area contributed by atoms with Crippen molar-refractivity contribution in [1.82, 2.24) is 24.6 Å². The molecule has 28 heavy (non-hydrogen) atoms. The molecule has 4 heterocycles. The van der Waals surface area contributed by atoms with Crippen molar-refractivity contribution in [3.63, 3.8) is 0 Å². The summed E-state index contributed by atoms with van der Waals surface area (Å²) in [5, 5.41) is 4.08. The van der Waals surface area contributed by atoms with E-state index in [-0.39, 0.29) is 24.9 Å². The summed E-state index contributed by atoms with van der Waals surface area (Å²) in [6, 6.07) is 3.48. The van der Waals surface area contributed by atoms with Gasteiger partial charge >= 0.3 is 0 Å². The zero-order chi connectivity index (χ0) is 19.6. The third-order valence-corrected chi connectivity index (χ3v) is 4.96. The van der Waals surface area contributed by atoms with Crippen LogP contribution in [0.3, 0.4) is 0 Å². The van der Waals surface area contributed by atoms with E-state index in [0.717, 1.165) is 0 Å². The van der Waals surface area contributed by atoms with Crippen LogP contribution in [0.5, 0.6) is 0 Å². The van der Waals surface area contributed by atoms with E-state index in [4.69, 9.17) is 9.47 Å². The van der Waals surface area contributed by atoms with Gasteiger partial charge in [0.05, 0.1) is 43.6 Å². The Labute approximate surface area is 162 Å². The Morgan fingerprint density at radius 2 is 1.79 bits per heavy atom. The van der Waals surface area contributed by atoms with Crippen molar-refractivity contribution in [3.8, 4) is 0 Å². The van der Waals surface area contributed by atoms with Gasteiger partial charge in [0.2, 0.25) is 5.79 Å². The third-order valence-electron chi connectivity index (χ3n) is 4.96. The average Bonchev–Trinajstić information content (AvgIpc) is 3.06. The van der Waals surface area contributed by atoms with Gasteiger partial charge < -0.3 is 19.3 Å². The molecule has 0 saturated carbocycles. The maximum Gasteiger partial charge on any atom is 0.257 e. The second-order valence-electron chi connectivity index (χ2n) is 7.06. The molecule has 0 aromatic carbocycles. The molecule has 2 fully saturated rings. The first-order valence-corrected chi connectivity index (χ1v) is 9.31. The Hall–Kier alpha value is -2.78. The number of morpholine rings is 1. The van der Waals surface area contributed by atoms with Crippen molar-refractivity contribution in [2.45, 2.75) is 12.2 Å². The lowest BCUT2D eigenvalue weighted by Gasteiger charge is -2.43. The highest BCUT2D eigenvalue weighted by Gasteiger charge is 2.43. The van der Waals surface area contributed by atoms with Crippen molar-refractivity contribution in [2.24, 2.45) is 7.05 Å². The third kappa shape index (κ3) is 3.76. The Bertz CT molecular complexity index is 855. The number of rotatable bonds is 2. The maximum absolute atomic E-state index is 12.9. The summed E-state index contributed by atoms with van der Waals surface area (Å²) in [5.41, 5.74) is 1.05. The first-order valence-electron chi connectivity index (χ1n) is 9.31. The van der Waals surface area contributed by atoms with Crippen LogP contribution in [0, 0.1) is 0 Å². The fourth-order valence-electron chi connectivity index (χ4n) is 3.60. The number of carbonyl (C=O) groups is 2. The molecular weight excluding hydrogens is 362 g/mol. The molecule has 1 unspecified atom stereocenters. The number of amides is 2. The summed E-state index contributed by atoms with van der Waals surface area (Å²) in [6.07, 6.45) is 7.14. The predicted octanol–water partition coefficient (Wildman–Crippen LogP) is 0.546. The molecule has 2 amide bonds. The van der Waals surface area contributed by atoms with E-state index < -0.39 is 5.79 Å². The molecule has 4 rings (SSSR count). The monoisotopic (exact) mass is 385 g/mol. The van der Waals surface area contributed by atoms with Gasteiger partial charge in [0.1, 0.15) is 0 Å². The van der Waals surface area contributed by atoms with Gasteiger partial charge in [-0.25, -0.2) is 0 Å². The topological polar surface area (TPSA) is 89.8 Å². The highest BCUT2D eigenvalue weighted by Crippen LogP contribution is 2.26. The van der Waals surface area contributed by atoms with Crippen molar-refractivity contribution in [3.05, 3.63) is 48.0 Å². The van der Waals surface area contributed by atoms with Crippen molar-refractivity contribution < 1.29 is 19.1 Å². The summed E-state index contributed by atoms with van der Waals surface area (Å²) in [5.74, 6) is -1.25. The van der Waals surface area contributed by atoms with Gasteiger partial charge in [-0.05, 0) is 18.6 Å². The number of pyridine rings is 1. The minimum Gasteiger partial charge on any atom is -0.347 e. The van der Waals surface area contributed by atoms with E-state index in [2.05, 4.69) is 10.1 Å². The molecule has 2 aromatic rings. The van der Waals surface area contributed by atoms with Gasteiger partial charge in [0, 0.05) is 38.7 Å². The van der Waals surface area contributed by atoms with Crippen LogP contribution in [0.25, 0.3) is 0 Å². The van der Waals surface area contributed by atoms with Gasteiger partial charge in [-0.3, -0.25) is 19.3 Å². The lowest BCUT2D eigenvalue weighted by atomic mass is 10.1. The Morgan fingerprint density at radius 1 is 1.04 bits per heavy atom. The number of hydrogen-bond acceptors (Lipinski definition) is 6. The summed E-state index contributed by atoms with van der Waals surface area (Å²) in [4.78, 5) is 33.2. The number of ether oxygens (including phenoxy) is 2. The lowest BCUT2D eigenvalue weighted by Crippen LogP contribution is -2.59. The fourth-order valence-corrected chi connectivity index (χ4v) is 3.60. The van der Waals surface area contributed by atoms with E-state index in [1.807, 2.05) is 0 Å². The number of aromatic nitrogens is 3. The van der Waals surface area contributed by atoms with Crippen LogP contribution >= 0.6 is 0 Å². The van der Waals surface area contributed by atoms with Crippen LogP contribution in [0.1, 0.15) is 27.1 Å². The van der Waals surface area contributed by atoms with Crippen LogP contribution in [-0.4, -0.2) is 81.6 Å². The zero-order valence-corrected chi connectivity index (χ0v) is 15.8. The van der Waals surface area contributed by atoms with Crippen molar-refractivity contribution in [1.29, 1.82) is 0 Å². The molecule has 148 valence electrons. The van der Waals surface area contributed by atoms with E-state index in [1.54, 1.807) is 58.4 Å².